The molecule has 0 radical (unpaired) electrons. The first-order valence-electron chi connectivity index (χ1n) is 6.81. The summed E-state index contributed by atoms with van der Waals surface area (Å²) in [5, 5.41) is 3.56. The third-order valence-electron chi connectivity index (χ3n) is 2.89. The van der Waals surface area contributed by atoms with E-state index < -0.39 is 0 Å². The van der Waals surface area contributed by atoms with Gasteiger partial charge in [-0.25, -0.2) is 0 Å². The van der Waals surface area contributed by atoms with E-state index in [-0.39, 0.29) is 0 Å². The van der Waals surface area contributed by atoms with Gasteiger partial charge >= 0.3 is 0 Å². The summed E-state index contributed by atoms with van der Waals surface area (Å²) in [6.07, 6.45) is 2.37. The number of hydrogen-bond donors (Lipinski definition) is 1. The normalized spacial score (nSPS) is 13.3. The van der Waals surface area contributed by atoms with Crippen molar-refractivity contribution >= 4 is 0 Å². The van der Waals surface area contributed by atoms with Crippen LogP contribution in [0.2, 0.25) is 0 Å². The average molecular weight is 230 g/mol. The summed E-state index contributed by atoms with van der Waals surface area (Å²) >= 11 is 0. The Hall–Kier alpha value is -0.120. The summed E-state index contributed by atoms with van der Waals surface area (Å²) in [5.41, 5.74) is 0. The molecular weight excluding hydrogens is 200 g/mol. The molecule has 1 unspecified atom stereocenters. The Morgan fingerprint density at radius 1 is 1.12 bits per heavy atom. The molecule has 0 fully saturated rings. The standard InChI is InChI=1S/C13H30N2O/c1-5-10-14-13(12-16-8-4)9-11-15(6-2)7-3/h13-14H,5-12H2,1-4H3. The van der Waals surface area contributed by atoms with Crippen LogP contribution in [0.5, 0.6) is 0 Å². The highest BCUT2D eigenvalue weighted by atomic mass is 16.5. The zero-order valence-electron chi connectivity index (χ0n) is 11.6. The Bertz CT molecular complexity index is 130. The fourth-order valence-corrected chi connectivity index (χ4v) is 1.73. The monoisotopic (exact) mass is 230 g/mol. The van der Waals surface area contributed by atoms with Crippen molar-refractivity contribution in [2.45, 2.75) is 46.6 Å². The van der Waals surface area contributed by atoms with Crippen molar-refractivity contribution in [3.63, 3.8) is 0 Å². The summed E-state index contributed by atoms with van der Waals surface area (Å²) < 4.78 is 5.51. The molecule has 0 amide bonds. The van der Waals surface area contributed by atoms with E-state index in [1.54, 1.807) is 0 Å². The van der Waals surface area contributed by atoms with Crippen LogP contribution >= 0.6 is 0 Å². The van der Waals surface area contributed by atoms with Crippen molar-refractivity contribution in [3.8, 4) is 0 Å². The maximum absolute atomic E-state index is 5.51. The largest absolute Gasteiger partial charge is 0.380 e. The second-order valence-electron chi connectivity index (χ2n) is 4.13. The Morgan fingerprint density at radius 2 is 1.81 bits per heavy atom. The SMILES string of the molecule is CCCNC(CCN(CC)CC)COCC. The van der Waals surface area contributed by atoms with Crippen molar-refractivity contribution in [1.82, 2.24) is 10.2 Å². The van der Waals surface area contributed by atoms with Crippen LogP contribution in [-0.2, 0) is 4.74 Å². The highest BCUT2D eigenvalue weighted by Crippen LogP contribution is 1.98. The molecule has 0 aliphatic rings. The van der Waals surface area contributed by atoms with E-state index in [9.17, 15) is 0 Å². The van der Waals surface area contributed by atoms with E-state index in [1.807, 2.05) is 0 Å². The van der Waals surface area contributed by atoms with Crippen LogP contribution < -0.4 is 5.32 Å². The minimum Gasteiger partial charge on any atom is -0.380 e. The van der Waals surface area contributed by atoms with Crippen molar-refractivity contribution in [2.75, 3.05) is 39.4 Å². The van der Waals surface area contributed by atoms with Gasteiger partial charge in [0.25, 0.3) is 0 Å². The van der Waals surface area contributed by atoms with E-state index in [2.05, 4.69) is 37.9 Å². The van der Waals surface area contributed by atoms with Crippen molar-refractivity contribution in [3.05, 3.63) is 0 Å². The van der Waals surface area contributed by atoms with Crippen LogP contribution in [0.3, 0.4) is 0 Å². The summed E-state index contributed by atoms with van der Waals surface area (Å²) in [7, 11) is 0. The summed E-state index contributed by atoms with van der Waals surface area (Å²) in [5.74, 6) is 0. The van der Waals surface area contributed by atoms with Gasteiger partial charge in [0, 0.05) is 12.6 Å². The van der Waals surface area contributed by atoms with Gasteiger partial charge in [0.05, 0.1) is 6.61 Å². The molecule has 1 atom stereocenters. The van der Waals surface area contributed by atoms with Crippen LogP contribution in [-0.4, -0.2) is 50.3 Å². The van der Waals surface area contributed by atoms with Gasteiger partial charge in [-0.2, -0.15) is 0 Å². The van der Waals surface area contributed by atoms with Crippen LogP contribution in [0, 0.1) is 0 Å². The van der Waals surface area contributed by atoms with E-state index in [1.165, 1.54) is 19.4 Å². The predicted molar refractivity (Wildman–Crippen MR) is 71.0 cm³/mol. The lowest BCUT2D eigenvalue weighted by molar-refractivity contribution is 0.115. The van der Waals surface area contributed by atoms with Gasteiger partial charge in [0.2, 0.25) is 0 Å². The molecule has 1 N–H and O–H groups in total. The molecular formula is C13H30N2O. The van der Waals surface area contributed by atoms with E-state index in [0.29, 0.717) is 6.04 Å². The molecule has 3 heteroatoms. The molecule has 0 aliphatic heterocycles. The van der Waals surface area contributed by atoms with E-state index in [0.717, 1.165) is 32.8 Å². The van der Waals surface area contributed by atoms with E-state index in [4.69, 9.17) is 4.74 Å². The lowest BCUT2D eigenvalue weighted by atomic mass is 10.2. The highest BCUT2D eigenvalue weighted by molar-refractivity contribution is 4.68. The van der Waals surface area contributed by atoms with Gasteiger partial charge < -0.3 is 15.0 Å². The first-order chi connectivity index (χ1) is 7.78. The predicted octanol–water partition coefficient (Wildman–Crippen LogP) is 2.12. The molecule has 98 valence electrons. The van der Waals surface area contributed by atoms with Crippen LogP contribution in [0.1, 0.15) is 40.5 Å². The summed E-state index contributed by atoms with van der Waals surface area (Å²) in [4.78, 5) is 2.46. The second kappa shape index (κ2) is 11.4. The summed E-state index contributed by atoms with van der Waals surface area (Å²) in [6, 6.07) is 0.514. The molecule has 0 saturated carbocycles. The number of nitrogens with one attached hydrogen (secondary N) is 1. The molecule has 0 aromatic carbocycles. The maximum Gasteiger partial charge on any atom is 0.0619 e. The highest BCUT2D eigenvalue weighted by Gasteiger charge is 2.09. The average Bonchev–Trinajstić information content (AvgIpc) is 2.32. The van der Waals surface area contributed by atoms with Crippen molar-refractivity contribution in [1.29, 1.82) is 0 Å². The van der Waals surface area contributed by atoms with Crippen molar-refractivity contribution in [2.24, 2.45) is 0 Å². The fourth-order valence-electron chi connectivity index (χ4n) is 1.73. The van der Waals surface area contributed by atoms with E-state index >= 15 is 0 Å². The number of ether oxygens (including phenoxy) is 1. The topological polar surface area (TPSA) is 24.5 Å². The fraction of sp³-hybridized carbons (Fsp3) is 1.00. The molecule has 0 aromatic heterocycles. The lowest BCUT2D eigenvalue weighted by Gasteiger charge is -2.23. The molecule has 0 bridgehead atoms. The number of nitrogens with zero attached hydrogens (tertiary/aromatic N) is 1. The van der Waals surface area contributed by atoms with Gasteiger partial charge in [0.15, 0.2) is 0 Å². The molecule has 0 heterocycles. The third-order valence-corrected chi connectivity index (χ3v) is 2.89. The van der Waals surface area contributed by atoms with Crippen LogP contribution in [0.15, 0.2) is 0 Å². The minimum atomic E-state index is 0.514. The lowest BCUT2D eigenvalue weighted by Crippen LogP contribution is -2.38. The molecule has 3 nitrogen and oxygen atoms in total. The van der Waals surface area contributed by atoms with Crippen LogP contribution in [0.25, 0.3) is 0 Å². The molecule has 16 heavy (non-hydrogen) atoms. The molecule has 0 saturated heterocycles. The Balaban J connectivity index is 3.79. The first kappa shape index (κ1) is 15.9. The quantitative estimate of drug-likeness (QED) is 0.588. The molecule has 0 aromatic rings. The van der Waals surface area contributed by atoms with Crippen molar-refractivity contribution < 1.29 is 4.74 Å². The Morgan fingerprint density at radius 3 is 2.31 bits per heavy atom. The smallest absolute Gasteiger partial charge is 0.0619 e. The molecule has 0 rings (SSSR count). The summed E-state index contributed by atoms with van der Waals surface area (Å²) in [6.45, 7) is 14.9. The van der Waals surface area contributed by atoms with Gasteiger partial charge in [-0.1, -0.05) is 20.8 Å². The minimum absolute atomic E-state index is 0.514. The Labute approximate surface area is 102 Å². The number of rotatable bonds is 11. The van der Waals surface area contributed by atoms with Gasteiger partial charge in [-0.05, 0) is 45.9 Å². The first-order valence-corrected chi connectivity index (χ1v) is 6.81. The zero-order chi connectivity index (χ0) is 12.2. The molecule has 0 aliphatic carbocycles. The van der Waals surface area contributed by atoms with Gasteiger partial charge in [-0.3, -0.25) is 0 Å². The molecule has 0 spiro atoms. The third kappa shape index (κ3) is 8.08. The zero-order valence-corrected chi connectivity index (χ0v) is 11.6. The van der Waals surface area contributed by atoms with Gasteiger partial charge in [-0.15, -0.1) is 0 Å². The van der Waals surface area contributed by atoms with Crippen LogP contribution in [0.4, 0.5) is 0 Å². The second-order valence-corrected chi connectivity index (χ2v) is 4.13. The maximum atomic E-state index is 5.51. The van der Waals surface area contributed by atoms with Gasteiger partial charge in [0.1, 0.15) is 0 Å². The number of hydrogen-bond acceptors (Lipinski definition) is 3. The Kier molecular flexibility index (Phi) is 11.3.